The molecule has 1 aromatic heterocycles. The zero-order valence-corrected chi connectivity index (χ0v) is 11.4. The molecule has 0 spiro atoms. The van der Waals surface area contributed by atoms with E-state index in [9.17, 15) is 4.39 Å². The molecule has 1 aliphatic carbocycles. The number of imidazole rings is 1. The van der Waals surface area contributed by atoms with Gasteiger partial charge >= 0.3 is 0 Å². The Balaban J connectivity index is 2.10. The summed E-state index contributed by atoms with van der Waals surface area (Å²) in [7, 11) is 0. The van der Waals surface area contributed by atoms with Crippen molar-refractivity contribution in [2.24, 2.45) is 11.7 Å². The molecule has 1 saturated carbocycles. The van der Waals surface area contributed by atoms with Gasteiger partial charge in [-0.15, -0.1) is 0 Å². The van der Waals surface area contributed by atoms with E-state index in [1.54, 1.807) is 12.1 Å². The number of halogens is 1. The second-order valence-electron chi connectivity index (χ2n) is 5.94. The lowest BCUT2D eigenvalue weighted by Crippen LogP contribution is -2.18. The summed E-state index contributed by atoms with van der Waals surface area (Å²) in [5.74, 6) is 1.23. The molecule has 1 atom stereocenters. The second kappa shape index (κ2) is 4.60. The molecule has 1 unspecified atom stereocenters. The van der Waals surface area contributed by atoms with Crippen LogP contribution in [-0.4, -0.2) is 9.55 Å². The second-order valence-corrected chi connectivity index (χ2v) is 5.94. The van der Waals surface area contributed by atoms with Crippen molar-refractivity contribution in [3.63, 3.8) is 0 Å². The third kappa shape index (κ3) is 2.37. The predicted molar refractivity (Wildman–Crippen MR) is 74.3 cm³/mol. The van der Waals surface area contributed by atoms with Gasteiger partial charge in [-0.25, -0.2) is 9.37 Å². The largest absolute Gasteiger partial charge is 0.323 e. The Bertz CT molecular complexity index is 599. The van der Waals surface area contributed by atoms with Gasteiger partial charge in [-0.3, -0.25) is 0 Å². The van der Waals surface area contributed by atoms with Crippen LogP contribution in [0.3, 0.4) is 0 Å². The summed E-state index contributed by atoms with van der Waals surface area (Å²) in [5.41, 5.74) is 8.02. The van der Waals surface area contributed by atoms with Gasteiger partial charge in [0.15, 0.2) is 0 Å². The van der Waals surface area contributed by atoms with Gasteiger partial charge in [-0.05, 0) is 43.4 Å². The molecule has 0 bridgehead atoms. The van der Waals surface area contributed by atoms with Crippen LogP contribution in [0, 0.1) is 11.7 Å². The van der Waals surface area contributed by atoms with E-state index >= 15 is 0 Å². The molecule has 0 amide bonds. The van der Waals surface area contributed by atoms with E-state index in [0.717, 1.165) is 36.1 Å². The van der Waals surface area contributed by atoms with E-state index in [1.165, 1.54) is 6.07 Å². The lowest BCUT2D eigenvalue weighted by Gasteiger charge is -2.16. The van der Waals surface area contributed by atoms with Crippen LogP contribution in [0.5, 0.6) is 0 Å². The summed E-state index contributed by atoms with van der Waals surface area (Å²) < 4.78 is 15.6. The van der Waals surface area contributed by atoms with Crippen molar-refractivity contribution in [3.8, 4) is 0 Å². The highest BCUT2D eigenvalue weighted by Gasteiger charge is 2.30. The lowest BCUT2D eigenvalue weighted by atomic mass is 10.0. The summed E-state index contributed by atoms with van der Waals surface area (Å²) in [6.45, 7) is 4.31. The number of aromatic nitrogens is 2. The third-order valence-electron chi connectivity index (χ3n) is 3.65. The van der Waals surface area contributed by atoms with Gasteiger partial charge in [-0.1, -0.05) is 13.8 Å². The van der Waals surface area contributed by atoms with Crippen LogP contribution >= 0.6 is 0 Å². The summed E-state index contributed by atoms with van der Waals surface area (Å²) >= 11 is 0. The first-order valence-electron chi connectivity index (χ1n) is 6.99. The Morgan fingerprint density at radius 1 is 1.42 bits per heavy atom. The number of benzene rings is 1. The minimum Gasteiger partial charge on any atom is -0.323 e. The molecule has 1 fully saturated rings. The first kappa shape index (κ1) is 12.6. The standard InChI is InChI=1S/C15H20FN3/c1-9(2)7-12(17)15-18-13-6-3-10(16)8-14(13)19(15)11-4-5-11/h3,6,8-9,11-12H,4-5,7,17H2,1-2H3. The van der Waals surface area contributed by atoms with Crippen LogP contribution in [0.4, 0.5) is 4.39 Å². The van der Waals surface area contributed by atoms with Crippen LogP contribution in [-0.2, 0) is 0 Å². The van der Waals surface area contributed by atoms with E-state index in [-0.39, 0.29) is 11.9 Å². The fourth-order valence-corrected chi connectivity index (χ4v) is 2.68. The van der Waals surface area contributed by atoms with Gasteiger partial charge in [0.2, 0.25) is 0 Å². The number of hydrogen-bond donors (Lipinski definition) is 1. The molecule has 0 aliphatic heterocycles. The molecule has 3 nitrogen and oxygen atoms in total. The first-order chi connectivity index (χ1) is 9.06. The number of fused-ring (bicyclic) bond motifs is 1. The van der Waals surface area contributed by atoms with E-state index in [1.807, 2.05) is 0 Å². The molecule has 3 rings (SSSR count). The van der Waals surface area contributed by atoms with E-state index in [0.29, 0.717) is 12.0 Å². The fraction of sp³-hybridized carbons (Fsp3) is 0.533. The van der Waals surface area contributed by atoms with Gasteiger partial charge in [0.1, 0.15) is 11.6 Å². The van der Waals surface area contributed by atoms with Crippen LogP contribution in [0.25, 0.3) is 11.0 Å². The van der Waals surface area contributed by atoms with Gasteiger partial charge < -0.3 is 10.3 Å². The number of rotatable bonds is 4. The summed E-state index contributed by atoms with van der Waals surface area (Å²) in [4.78, 5) is 4.64. The minimum atomic E-state index is -0.210. The number of nitrogens with two attached hydrogens (primary N) is 1. The maximum absolute atomic E-state index is 13.4. The lowest BCUT2D eigenvalue weighted by molar-refractivity contribution is 0.477. The Labute approximate surface area is 112 Å². The first-order valence-corrected chi connectivity index (χ1v) is 6.99. The van der Waals surface area contributed by atoms with Crippen molar-refractivity contribution in [2.75, 3.05) is 0 Å². The molecule has 19 heavy (non-hydrogen) atoms. The van der Waals surface area contributed by atoms with Crippen LogP contribution in [0.1, 0.15) is 51.0 Å². The van der Waals surface area contributed by atoms with Crippen molar-refractivity contribution in [3.05, 3.63) is 29.8 Å². The molecule has 1 heterocycles. The highest BCUT2D eigenvalue weighted by Crippen LogP contribution is 2.40. The van der Waals surface area contributed by atoms with Crippen molar-refractivity contribution in [2.45, 2.75) is 45.2 Å². The summed E-state index contributed by atoms with van der Waals surface area (Å²) in [5, 5.41) is 0. The van der Waals surface area contributed by atoms with E-state index in [4.69, 9.17) is 5.73 Å². The summed E-state index contributed by atoms with van der Waals surface area (Å²) in [6, 6.07) is 5.17. The average Bonchev–Trinajstić information content (AvgIpc) is 3.09. The Morgan fingerprint density at radius 2 is 2.16 bits per heavy atom. The predicted octanol–water partition coefficient (Wildman–Crippen LogP) is 3.56. The molecule has 2 N–H and O–H groups in total. The minimum absolute atomic E-state index is 0.0731. The van der Waals surface area contributed by atoms with Crippen molar-refractivity contribution < 1.29 is 4.39 Å². The quantitative estimate of drug-likeness (QED) is 0.914. The monoisotopic (exact) mass is 261 g/mol. The van der Waals surface area contributed by atoms with Crippen LogP contribution in [0.2, 0.25) is 0 Å². The van der Waals surface area contributed by atoms with Crippen LogP contribution < -0.4 is 5.73 Å². The number of nitrogens with zero attached hydrogens (tertiary/aromatic N) is 2. The zero-order valence-electron chi connectivity index (χ0n) is 11.4. The van der Waals surface area contributed by atoms with Gasteiger partial charge in [0, 0.05) is 6.04 Å². The Kier molecular flexibility index (Phi) is 3.05. The highest BCUT2D eigenvalue weighted by atomic mass is 19.1. The molecular formula is C15H20FN3. The zero-order chi connectivity index (χ0) is 13.6. The molecule has 2 aromatic rings. The SMILES string of the molecule is CC(C)CC(N)c1nc2ccc(F)cc2n1C1CC1. The molecule has 102 valence electrons. The van der Waals surface area contributed by atoms with Crippen LogP contribution in [0.15, 0.2) is 18.2 Å². The maximum atomic E-state index is 13.4. The van der Waals surface area contributed by atoms with E-state index < -0.39 is 0 Å². The fourth-order valence-electron chi connectivity index (χ4n) is 2.68. The van der Waals surface area contributed by atoms with Gasteiger partial charge in [0.25, 0.3) is 0 Å². The molecule has 0 radical (unpaired) electrons. The number of hydrogen-bond acceptors (Lipinski definition) is 2. The maximum Gasteiger partial charge on any atom is 0.127 e. The Hall–Kier alpha value is -1.42. The summed E-state index contributed by atoms with van der Waals surface area (Å²) in [6.07, 6.45) is 3.19. The highest BCUT2D eigenvalue weighted by molar-refractivity contribution is 5.76. The molecule has 1 aliphatic rings. The molecule has 1 aromatic carbocycles. The third-order valence-corrected chi connectivity index (χ3v) is 3.65. The van der Waals surface area contributed by atoms with Gasteiger partial charge in [0.05, 0.1) is 17.1 Å². The average molecular weight is 261 g/mol. The van der Waals surface area contributed by atoms with E-state index in [2.05, 4.69) is 23.4 Å². The van der Waals surface area contributed by atoms with Crippen molar-refractivity contribution in [1.29, 1.82) is 0 Å². The Morgan fingerprint density at radius 3 is 2.79 bits per heavy atom. The molecule has 0 saturated heterocycles. The van der Waals surface area contributed by atoms with Crippen molar-refractivity contribution in [1.82, 2.24) is 9.55 Å². The normalized spacial score (nSPS) is 17.3. The smallest absolute Gasteiger partial charge is 0.127 e. The van der Waals surface area contributed by atoms with Crippen molar-refractivity contribution >= 4 is 11.0 Å². The molecule has 4 heteroatoms. The topological polar surface area (TPSA) is 43.8 Å². The molecular weight excluding hydrogens is 241 g/mol. The van der Waals surface area contributed by atoms with Gasteiger partial charge in [-0.2, -0.15) is 0 Å².